The highest BCUT2D eigenvalue weighted by molar-refractivity contribution is 5.94. The van der Waals surface area contributed by atoms with Gasteiger partial charge in [0.2, 0.25) is 5.91 Å². The predicted octanol–water partition coefficient (Wildman–Crippen LogP) is 2.74. The molecule has 0 bridgehead atoms. The number of carbonyl (C=O) groups is 1. The van der Waals surface area contributed by atoms with E-state index in [0.29, 0.717) is 0 Å². The lowest BCUT2D eigenvalue weighted by Crippen LogP contribution is -2.19. The summed E-state index contributed by atoms with van der Waals surface area (Å²) in [5, 5.41) is 0. The first-order valence-corrected chi connectivity index (χ1v) is 5.87. The van der Waals surface area contributed by atoms with Crippen molar-refractivity contribution in [3.8, 4) is 0 Å². The Morgan fingerprint density at radius 2 is 2.12 bits per heavy atom. The van der Waals surface area contributed by atoms with Crippen LogP contribution in [0.5, 0.6) is 0 Å². The SMILES string of the molecule is CC1C/C(c2ccccn2)=C\C=NC(=O)C1C. The Balaban J connectivity index is 2.32. The number of hydrogen-bond donors (Lipinski definition) is 0. The van der Waals surface area contributed by atoms with Crippen molar-refractivity contribution in [2.24, 2.45) is 16.8 Å². The van der Waals surface area contributed by atoms with Gasteiger partial charge in [0.15, 0.2) is 0 Å². The smallest absolute Gasteiger partial charge is 0.248 e. The van der Waals surface area contributed by atoms with Gasteiger partial charge in [0, 0.05) is 18.3 Å². The summed E-state index contributed by atoms with van der Waals surface area (Å²) in [5.74, 6) is 0.223. The van der Waals surface area contributed by atoms with E-state index in [-0.39, 0.29) is 17.7 Å². The number of rotatable bonds is 1. The fourth-order valence-electron chi connectivity index (χ4n) is 1.90. The second kappa shape index (κ2) is 5.04. The number of allylic oxidation sites excluding steroid dienone is 2. The number of carbonyl (C=O) groups excluding carboxylic acids is 1. The van der Waals surface area contributed by atoms with Crippen LogP contribution in [0.25, 0.3) is 5.57 Å². The van der Waals surface area contributed by atoms with Gasteiger partial charge < -0.3 is 0 Å². The average molecular weight is 228 g/mol. The third-order valence-electron chi connectivity index (χ3n) is 3.26. The van der Waals surface area contributed by atoms with Crippen LogP contribution in [-0.4, -0.2) is 17.1 Å². The topological polar surface area (TPSA) is 42.3 Å². The molecule has 3 nitrogen and oxygen atoms in total. The summed E-state index contributed by atoms with van der Waals surface area (Å²) in [5.41, 5.74) is 2.11. The first-order valence-electron chi connectivity index (χ1n) is 5.87. The highest BCUT2D eigenvalue weighted by atomic mass is 16.1. The van der Waals surface area contributed by atoms with Crippen molar-refractivity contribution in [1.29, 1.82) is 0 Å². The first-order chi connectivity index (χ1) is 8.18. The third-order valence-corrected chi connectivity index (χ3v) is 3.26. The molecule has 1 aliphatic heterocycles. The van der Waals surface area contributed by atoms with Gasteiger partial charge in [-0.05, 0) is 36.1 Å². The molecular weight excluding hydrogens is 212 g/mol. The van der Waals surface area contributed by atoms with Crippen molar-refractivity contribution in [2.45, 2.75) is 20.3 Å². The van der Waals surface area contributed by atoms with Crippen molar-refractivity contribution in [3.05, 3.63) is 36.2 Å². The van der Waals surface area contributed by atoms with Gasteiger partial charge in [0.05, 0.1) is 5.69 Å². The second-order valence-electron chi connectivity index (χ2n) is 4.49. The van der Waals surface area contributed by atoms with Crippen LogP contribution < -0.4 is 0 Å². The summed E-state index contributed by atoms with van der Waals surface area (Å²) in [6.45, 7) is 4.02. The standard InChI is InChI=1S/C14H16N2O/c1-10-9-12(13-5-3-4-7-15-13)6-8-16-14(17)11(10)2/h3-8,10-11H,9H2,1-2H3/b12-6+,16-8?. The van der Waals surface area contributed by atoms with E-state index in [2.05, 4.69) is 16.9 Å². The van der Waals surface area contributed by atoms with Crippen LogP contribution in [0.1, 0.15) is 26.0 Å². The van der Waals surface area contributed by atoms with E-state index in [4.69, 9.17) is 0 Å². The lowest BCUT2D eigenvalue weighted by molar-refractivity contribution is -0.122. The van der Waals surface area contributed by atoms with Gasteiger partial charge in [-0.15, -0.1) is 0 Å². The Morgan fingerprint density at radius 3 is 2.82 bits per heavy atom. The van der Waals surface area contributed by atoms with Crippen molar-refractivity contribution in [3.63, 3.8) is 0 Å². The van der Waals surface area contributed by atoms with Crippen LogP contribution in [0.4, 0.5) is 0 Å². The van der Waals surface area contributed by atoms with Crippen LogP contribution >= 0.6 is 0 Å². The molecule has 1 aliphatic rings. The van der Waals surface area contributed by atoms with E-state index in [1.54, 1.807) is 12.4 Å². The summed E-state index contributed by atoms with van der Waals surface area (Å²) in [4.78, 5) is 19.8. The fraction of sp³-hybridized carbons (Fsp3) is 0.357. The number of hydrogen-bond acceptors (Lipinski definition) is 2. The number of aromatic nitrogens is 1. The summed E-state index contributed by atoms with van der Waals surface area (Å²) < 4.78 is 0. The highest BCUT2D eigenvalue weighted by Gasteiger charge is 2.22. The van der Waals surface area contributed by atoms with Gasteiger partial charge in [-0.3, -0.25) is 9.78 Å². The maximum absolute atomic E-state index is 11.6. The molecule has 0 saturated carbocycles. The van der Waals surface area contributed by atoms with Gasteiger partial charge in [-0.2, -0.15) is 0 Å². The first kappa shape index (κ1) is 11.7. The minimum Gasteiger partial charge on any atom is -0.272 e. The Kier molecular flexibility index (Phi) is 3.47. The number of nitrogens with zero attached hydrogens (tertiary/aromatic N) is 2. The molecule has 0 aliphatic carbocycles. The molecule has 0 radical (unpaired) electrons. The molecule has 0 saturated heterocycles. The van der Waals surface area contributed by atoms with Gasteiger partial charge in [0.1, 0.15) is 0 Å². The number of aliphatic imine (C=N–C) groups is 1. The van der Waals surface area contributed by atoms with Gasteiger partial charge in [-0.1, -0.05) is 19.9 Å². The molecule has 0 fully saturated rings. The van der Waals surface area contributed by atoms with E-state index in [0.717, 1.165) is 17.7 Å². The molecule has 0 aromatic carbocycles. The monoisotopic (exact) mass is 228 g/mol. The van der Waals surface area contributed by atoms with Gasteiger partial charge in [-0.25, -0.2) is 4.99 Å². The number of pyridine rings is 1. The molecule has 1 aromatic rings. The van der Waals surface area contributed by atoms with Crippen LogP contribution in [0.15, 0.2) is 35.5 Å². The van der Waals surface area contributed by atoms with Crippen molar-refractivity contribution in [2.75, 3.05) is 0 Å². The summed E-state index contributed by atoms with van der Waals surface area (Å²) in [7, 11) is 0. The molecule has 0 spiro atoms. The van der Waals surface area contributed by atoms with Crippen molar-refractivity contribution >= 4 is 17.7 Å². The van der Waals surface area contributed by atoms with Crippen molar-refractivity contribution < 1.29 is 4.79 Å². The highest BCUT2D eigenvalue weighted by Crippen LogP contribution is 2.27. The van der Waals surface area contributed by atoms with E-state index >= 15 is 0 Å². The molecule has 1 aromatic heterocycles. The molecular formula is C14H16N2O. The predicted molar refractivity (Wildman–Crippen MR) is 68.7 cm³/mol. The van der Waals surface area contributed by atoms with Crippen LogP contribution in [0.2, 0.25) is 0 Å². The maximum atomic E-state index is 11.6. The van der Waals surface area contributed by atoms with Crippen LogP contribution in [-0.2, 0) is 4.79 Å². The summed E-state index contributed by atoms with van der Waals surface area (Å²) in [6.07, 6.45) is 6.12. The molecule has 1 amide bonds. The van der Waals surface area contributed by atoms with Crippen LogP contribution in [0.3, 0.4) is 0 Å². The normalized spacial score (nSPS) is 28.1. The van der Waals surface area contributed by atoms with E-state index < -0.39 is 0 Å². The molecule has 88 valence electrons. The molecule has 3 heteroatoms. The largest absolute Gasteiger partial charge is 0.272 e. The Labute approximate surface area is 101 Å². The molecule has 17 heavy (non-hydrogen) atoms. The third kappa shape index (κ3) is 2.67. The van der Waals surface area contributed by atoms with Crippen molar-refractivity contribution in [1.82, 2.24) is 4.98 Å². The molecule has 2 atom stereocenters. The minimum atomic E-state index is -0.0335. The van der Waals surface area contributed by atoms with E-state index in [1.165, 1.54) is 0 Å². The van der Waals surface area contributed by atoms with Gasteiger partial charge in [0.25, 0.3) is 0 Å². The second-order valence-corrected chi connectivity index (χ2v) is 4.49. The quantitative estimate of drug-likeness (QED) is 0.741. The maximum Gasteiger partial charge on any atom is 0.248 e. The van der Waals surface area contributed by atoms with Gasteiger partial charge >= 0.3 is 0 Å². The summed E-state index contributed by atoms with van der Waals surface area (Å²) in [6, 6.07) is 5.86. The average Bonchev–Trinajstić information content (AvgIpc) is 2.36. The molecule has 2 heterocycles. The zero-order chi connectivity index (χ0) is 12.3. The summed E-state index contributed by atoms with van der Waals surface area (Å²) >= 11 is 0. The minimum absolute atomic E-state index is 0.0290. The van der Waals surface area contributed by atoms with E-state index in [1.807, 2.05) is 31.2 Å². The Hall–Kier alpha value is -1.77. The molecule has 0 N–H and O–H groups in total. The van der Waals surface area contributed by atoms with E-state index in [9.17, 15) is 4.79 Å². The molecule has 2 rings (SSSR count). The molecule has 2 unspecified atom stereocenters. The zero-order valence-electron chi connectivity index (χ0n) is 10.1. The Bertz CT molecular complexity index is 462. The Morgan fingerprint density at radius 1 is 1.29 bits per heavy atom. The lowest BCUT2D eigenvalue weighted by Gasteiger charge is -2.19. The number of amides is 1. The fourth-order valence-corrected chi connectivity index (χ4v) is 1.90. The zero-order valence-corrected chi connectivity index (χ0v) is 10.1. The lowest BCUT2D eigenvalue weighted by atomic mass is 9.87. The van der Waals surface area contributed by atoms with Crippen LogP contribution in [0, 0.1) is 11.8 Å².